The molecule has 3 atom stereocenters. The molecule has 8 nitrogen and oxygen atoms in total. The number of likely N-dealkylation sites (N-methyl/N-ethyl adjacent to an activating group) is 1. The highest BCUT2D eigenvalue weighted by Gasteiger charge is 2.43. The summed E-state index contributed by atoms with van der Waals surface area (Å²) in [4.78, 5) is 27.2. The molecule has 0 amide bonds. The Morgan fingerprint density at radius 3 is 1.90 bits per heavy atom. The van der Waals surface area contributed by atoms with Crippen LogP contribution in [-0.4, -0.2) is 67.1 Å². The minimum absolute atomic E-state index is 0.210. The predicted octanol–water partition coefficient (Wildman–Crippen LogP) is 4.23. The van der Waals surface area contributed by atoms with E-state index in [0.29, 0.717) is 18.6 Å². The Morgan fingerprint density at radius 1 is 0.881 bits per heavy atom. The fraction of sp³-hybridized carbons (Fsp3) is 0.353. The highest BCUT2D eigenvalue weighted by atomic mass is 16.6. The lowest BCUT2D eigenvalue weighted by molar-refractivity contribution is -0.870. The van der Waals surface area contributed by atoms with Crippen molar-refractivity contribution in [2.75, 3.05) is 40.9 Å². The minimum Gasteiger partial charge on any atom is -0.369 e. The van der Waals surface area contributed by atoms with E-state index in [1.54, 1.807) is 13.1 Å². The molecule has 1 N–H and O–H groups in total. The predicted molar refractivity (Wildman–Crippen MR) is 162 cm³/mol. The fourth-order valence-electron chi connectivity index (χ4n) is 5.45. The lowest BCUT2D eigenvalue weighted by Crippen LogP contribution is -2.41. The summed E-state index contributed by atoms with van der Waals surface area (Å²) < 4.78 is 22.2. The molecule has 42 heavy (non-hydrogen) atoms. The molecule has 0 spiro atoms. The molecule has 1 aromatic heterocycles. The van der Waals surface area contributed by atoms with Crippen LogP contribution in [0.3, 0.4) is 0 Å². The number of aryl methyl sites for hydroxylation is 1. The van der Waals surface area contributed by atoms with Crippen molar-refractivity contribution in [1.29, 1.82) is 0 Å². The number of benzene rings is 3. The van der Waals surface area contributed by atoms with Gasteiger partial charge in [0.25, 0.3) is 5.56 Å². The molecule has 2 heterocycles. The normalized spacial score (nSPS) is 19.2. The molecule has 1 saturated heterocycles. The molecule has 220 valence electrons. The summed E-state index contributed by atoms with van der Waals surface area (Å²) in [7, 11) is 6.36. The largest absolute Gasteiger partial charge is 0.369 e. The Bertz CT molecular complexity index is 1470. The second-order valence-corrected chi connectivity index (χ2v) is 11.9. The van der Waals surface area contributed by atoms with Crippen LogP contribution in [0.15, 0.2) is 107 Å². The molecule has 3 aromatic carbocycles. The lowest BCUT2D eigenvalue weighted by atomic mass is 9.80. The number of nitrogens with zero attached hydrogens (tertiary/aromatic N) is 2. The van der Waals surface area contributed by atoms with Crippen LogP contribution in [0.4, 0.5) is 0 Å². The van der Waals surface area contributed by atoms with Gasteiger partial charge < -0.3 is 18.7 Å². The van der Waals surface area contributed by atoms with Crippen molar-refractivity contribution in [1.82, 2.24) is 9.55 Å². The zero-order valence-electron chi connectivity index (χ0n) is 24.7. The molecule has 1 fully saturated rings. The van der Waals surface area contributed by atoms with E-state index in [-0.39, 0.29) is 12.7 Å². The zero-order valence-corrected chi connectivity index (χ0v) is 24.7. The standard InChI is InChI=1S/C34H39N3O5/c1-25-23-36(33(39)35-32(25)38)31-22-29(40-21-20-37(2,3)4)30(42-31)24-41-34(26-14-8-5-9-15-26,27-16-10-6-11-17-27)28-18-12-7-13-19-28/h5-19,23,29-31H,20-22,24H2,1-4H3/p+1/t29-,30+,31+/m0/s1. The molecule has 0 unspecified atom stereocenters. The van der Waals surface area contributed by atoms with E-state index < -0.39 is 29.2 Å². The van der Waals surface area contributed by atoms with Crippen LogP contribution < -0.4 is 11.2 Å². The second kappa shape index (κ2) is 12.6. The first-order valence-electron chi connectivity index (χ1n) is 14.4. The molecular formula is C34H40N3O5+. The lowest BCUT2D eigenvalue weighted by Gasteiger charge is -2.37. The molecule has 1 aliphatic rings. The van der Waals surface area contributed by atoms with Gasteiger partial charge in [-0.1, -0.05) is 91.0 Å². The van der Waals surface area contributed by atoms with E-state index >= 15 is 0 Å². The Labute approximate surface area is 246 Å². The van der Waals surface area contributed by atoms with E-state index in [1.165, 1.54) is 4.57 Å². The van der Waals surface area contributed by atoms with Gasteiger partial charge in [0.1, 0.15) is 24.5 Å². The van der Waals surface area contributed by atoms with Crippen LogP contribution in [0, 0.1) is 6.92 Å². The van der Waals surface area contributed by atoms with Crippen LogP contribution in [0.1, 0.15) is 34.9 Å². The number of quaternary nitrogens is 1. The average molecular weight is 571 g/mol. The van der Waals surface area contributed by atoms with Gasteiger partial charge in [0, 0.05) is 18.2 Å². The summed E-state index contributed by atoms with van der Waals surface area (Å²) in [5, 5.41) is 0. The SMILES string of the molecule is Cc1cn([C@H]2C[C@H](OCC[N+](C)(C)C)[C@@H](COC(c3ccccc3)(c3ccccc3)c3ccccc3)O2)c(=O)[nH]c1=O. The maximum absolute atomic E-state index is 12.8. The summed E-state index contributed by atoms with van der Waals surface area (Å²) in [6, 6.07) is 30.6. The Morgan fingerprint density at radius 2 is 1.40 bits per heavy atom. The number of hydrogen-bond acceptors (Lipinski definition) is 5. The molecule has 8 heteroatoms. The van der Waals surface area contributed by atoms with Crippen molar-refractivity contribution in [3.8, 4) is 0 Å². The number of aromatic amines is 1. The van der Waals surface area contributed by atoms with Gasteiger partial charge in [-0.05, 0) is 23.6 Å². The Kier molecular flexibility index (Phi) is 8.89. The summed E-state index contributed by atoms with van der Waals surface area (Å²) in [6.07, 6.45) is 0.625. The van der Waals surface area contributed by atoms with Gasteiger partial charge in [0.2, 0.25) is 0 Å². The first-order valence-corrected chi connectivity index (χ1v) is 14.4. The summed E-state index contributed by atoms with van der Waals surface area (Å²) in [5.41, 5.74) is 1.60. The highest BCUT2D eigenvalue weighted by molar-refractivity contribution is 5.47. The van der Waals surface area contributed by atoms with Crippen molar-refractivity contribution in [2.24, 2.45) is 0 Å². The maximum atomic E-state index is 12.8. The van der Waals surface area contributed by atoms with E-state index in [2.05, 4.69) is 62.5 Å². The van der Waals surface area contributed by atoms with Crippen molar-refractivity contribution < 1.29 is 18.7 Å². The third-order valence-corrected chi connectivity index (χ3v) is 7.74. The topological polar surface area (TPSA) is 82.6 Å². The van der Waals surface area contributed by atoms with Gasteiger partial charge >= 0.3 is 5.69 Å². The summed E-state index contributed by atoms with van der Waals surface area (Å²) in [5.74, 6) is 0. The monoisotopic (exact) mass is 570 g/mol. The van der Waals surface area contributed by atoms with Crippen molar-refractivity contribution in [3.05, 3.63) is 140 Å². The van der Waals surface area contributed by atoms with Crippen molar-refractivity contribution >= 4 is 0 Å². The zero-order chi connectivity index (χ0) is 29.7. The van der Waals surface area contributed by atoms with E-state index in [4.69, 9.17) is 14.2 Å². The number of aromatic nitrogens is 2. The Balaban J connectivity index is 1.51. The molecule has 0 aliphatic carbocycles. The van der Waals surface area contributed by atoms with Gasteiger partial charge in [0.15, 0.2) is 0 Å². The minimum atomic E-state index is -0.913. The molecule has 1 aliphatic heterocycles. The highest BCUT2D eigenvalue weighted by Crippen LogP contribution is 2.41. The summed E-state index contributed by atoms with van der Waals surface area (Å²) in [6.45, 7) is 3.23. The van der Waals surface area contributed by atoms with Crippen LogP contribution in [0.5, 0.6) is 0 Å². The molecule has 5 rings (SSSR count). The number of rotatable bonds is 11. The number of hydrogen-bond donors (Lipinski definition) is 1. The quantitative estimate of drug-likeness (QED) is 0.216. The van der Waals surface area contributed by atoms with Crippen molar-refractivity contribution in [3.63, 3.8) is 0 Å². The third-order valence-electron chi connectivity index (χ3n) is 7.74. The third kappa shape index (κ3) is 6.47. The van der Waals surface area contributed by atoms with Crippen LogP contribution in [-0.2, 0) is 19.8 Å². The summed E-state index contributed by atoms with van der Waals surface area (Å²) >= 11 is 0. The van der Waals surface area contributed by atoms with Gasteiger partial charge in [-0.25, -0.2) is 4.79 Å². The maximum Gasteiger partial charge on any atom is 0.330 e. The van der Waals surface area contributed by atoms with Gasteiger partial charge in [-0.3, -0.25) is 14.3 Å². The van der Waals surface area contributed by atoms with E-state index in [9.17, 15) is 9.59 Å². The fourth-order valence-corrected chi connectivity index (χ4v) is 5.45. The molecule has 4 aromatic rings. The number of H-pyrrole nitrogens is 1. The molecule has 0 bridgehead atoms. The molecule has 0 radical (unpaired) electrons. The van der Waals surface area contributed by atoms with Crippen LogP contribution in [0.2, 0.25) is 0 Å². The second-order valence-electron chi connectivity index (χ2n) is 11.9. The number of nitrogens with one attached hydrogen (secondary N) is 1. The first kappa shape index (κ1) is 29.7. The molecule has 0 saturated carbocycles. The first-order chi connectivity index (χ1) is 20.2. The van der Waals surface area contributed by atoms with Gasteiger partial charge in [-0.15, -0.1) is 0 Å². The number of ether oxygens (including phenoxy) is 3. The smallest absolute Gasteiger partial charge is 0.330 e. The molecular weight excluding hydrogens is 530 g/mol. The Hall–Kier alpha value is -3.82. The van der Waals surface area contributed by atoms with Crippen molar-refractivity contribution in [2.45, 2.75) is 37.4 Å². The van der Waals surface area contributed by atoms with Crippen LogP contribution >= 0.6 is 0 Å². The van der Waals surface area contributed by atoms with Crippen LogP contribution in [0.25, 0.3) is 0 Å². The average Bonchev–Trinajstić information content (AvgIpc) is 3.39. The van der Waals surface area contributed by atoms with Gasteiger partial charge in [0.05, 0.1) is 40.5 Å². The van der Waals surface area contributed by atoms with E-state index in [0.717, 1.165) is 27.7 Å². The van der Waals surface area contributed by atoms with E-state index in [1.807, 2.05) is 54.6 Å². The van der Waals surface area contributed by atoms with Gasteiger partial charge in [-0.2, -0.15) is 0 Å².